The minimum Gasteiger partial charge on any atom is -0.465 e. The van der Waals surface area contributed by atoms with Crippen LogP contribution in [0, 0.1) is 0 Å². The fourth-order valence-electron chi connectivity index (χ4n) is 2.60. The van der Waals surface area contributed by atoms with Crippen molar-refractivity contribution < 1.29 is 18.7 Å². The zero-order valence-electron chi connectivity index (χ0n) is 14.3. The highest BCUT2D eigenvalue weighted by molar-refractivity contribution is 7.14. The maximum absolute atomic E-state index is 12.4. The minimum absolute atomic E-state index is 0.308. The number of rotatable bonds is 4. The molecule has 0 spiro atoms. The Morgan fingerprint density at radius 1 is 1.07 bits per heavy atom. The average Bonchev–Trinajstić information content (AvgIpc) is 3.34. The van der Waals surface area contributed by atoms with Gasteiger partial charge >= 0.3 is 5.97 Å². The summed E-state index contributed by atoms with van der Waals surface area (Å²) >= 11 is 1.31. The fraction of sp³-hybridized carbons (Fsp3) is 0.0500. The summed E-state index contributed by atoms with van der Waals surface area (Å²) in [6.45, 7) is 0. The van der Waals surface area contributed by atoms with E-state index in [9.17, 15) is 9.59 Å². The smallest absolute Gasteiger partial charge is 0.337 e. The molecule has 0 atom stereocenters. The maximum Gasteiger partial charge on any atom is 0.337 e. The molecule has 2 aromatic heterocycles. The van der Waals surface area contributed by atoms with Crippen LogP contribution in [-0.4, -0.2) is 24.0 Å². The number of amides is 1. The zero-order valence-corrected chi connectivity index (χ0v) is 15.1. The van der Waals surface area contributed by atoms with Crippen molar-refractivity contribution in [2.45, 2.75) is 0 Å². The Hall–Kier alpha value is -3.45. The largest absolute Gasteiger partial charge is 0.465 e. The Labute approximate surface area is 158 Å². The van der Waals surface area contributed by atoms with Crippen LogP contribution in [0.1, 0.15) is 20.7 Å². The van der Waals surface area contributed by atoms with Gasteiger partial charge in [-0.25, -0.2) is 9.78 Å². The van der Waals surface area contributed by atoms with E-state index in [2.05, 4.69) is 15.0 Å². The van der Waals surface area contributed by atoms with Crippen molar-refractivity contribution in [1.82, 2.24) is 4.98 Å². The quantitative estimate of drug-likeness (QED) is 0.525. The SMILES string of the molecule is COC(=O)c1ccc(C(=O)Nc2nc(-c3cc4ccccc4o3)cs2)cc1. The molecule has 0 unspecified atom stereocenters. The van der Waals surface area contributed by atoms with E-state index in [0.29, 0.717) is 27.7 Å². The zero-order chi connectivity index (χ0) is 18.8. The van der Waals surface area contributed by atoms with Crippen molar-refractivity contribution >= 4 is 39.3 Å². The van der Waals surface area contributed by atoms with Crippen molar-refractivity contribution in [2.75, 3.05) is 12.4 Å². The highest BCUT2D eigenvalue weighted by atomic mass is 32.1. The predicted molar refractivity (Wildman–Crippen MR) is 103 cm³/mol. The van der Waals surface area contributed by atoms with E-state index >= 15 is 0 Å². The lowest BCUT2D eigenvalue weighted by Gasteiger charge is -2.03. The van der Waals surface area contributed by atoms with E-state index in [-0.39, 0.29) is 5.91 Å². The van der Waals surface area contributed by atoms with Gasteiger partial charge in [0.25, 0.3) is 5.91 Å². The third-order valence-corrected chi connectivity index (χ3v) is 4.73. The second-order valence-electron chi connectivity index (χ2n) is 5.71. The molecule has 1 amide bonds. The molecule has 134 valence electrons. The number of para-hydroxylation sites is 1. The molecule has 27 heavy (non-hydrogen) atoms. The highest BCUT2D eigenvalue weighted by Crippen LogP contribution is 2.30. The van der Waals surface area contributed by atoms with Crippen molar-refractivity contribution in [3.63, 3.8) is 0 Å². The first-order valence-electron chi connectivity index (χ1n) is 8.08. The lowest BCUT2D eigenvalue weighted by molar-refractivity contribution is 0.0600. The second-order valence-corrected chi connectivity index (χ2v) is 6.57. The van der Waals surface area contributed by atoms with Gasteiger partial charge in [-0.3, -0.25) is 10.1 Å². The molecule has 2 aromatic carbocycles. The van der Waals surface area contributed by atoms with Gasteiger partial charge < -0.3 is 9.15 Å². The molecule has 0 aliphatic heterocycles. The number of carbonyl (C=O) groups is 2. The number of carbonyl (C=O) groups excluding carboxylic acids is 2. The number of aromatic nitrogens is 1. The van der Waals surface area contributed by atoms with E-state index in [1.54, 1.807) is 24.3 Å². The monoisotopic (exact) mass is 378 g/mol. The molecule has 0 aliphatic carbocycles. The average molecular weight is 378 g/mol. The standard InChI is InChI=1S/C20H14N2O4S/c1-25-19(24)13-8-6-12(7-9-13)18(23)22-20-21-15(11-27-20)17-10-14-4-2-3-5-16(14)26-17/h2-11H,1H3,(H,21,22,23). The van der Waals surface area contributed by atoms with Crippen molar-refractivity contribution in [3.05, 3.63) is 71.1 Å². The van der Waals surface area contributed by atoms with Crippen LogP contribution in [0.2, 0.25) is 0 Å². The van der Waals surface area contributed by atoms with Gasteiger partial charge in [0.05, 0.1) is 12.7 Å². The van der Waals surface area contributed by atoms with Crippen LogP contribution in [0.25, 0.3) is 22.4 Å². The number of methoxy groups -OCH3 is 1. The summed E-state index contributed by atoms with van der Waals surface area (Å²) in [4.78, 5) is 28.2. The molecule has 4 rings (SSSR count). The molecule has 0 saturated heterocycles. The molecule has 0 saturated carbocycles. The number of furan rings is 1. The molecule has 0 radical (unpaired) electrons. The van der Waals surface area contributed by atoms with Crippen LogP contribution < -0.4 is 5.32 Å². The topological polar surface area (TPSA) is 81.4 Å². The summed E-state index contributed by atoms with van der Waals surface area (Å²) in [5.41, 5.74) is 2.25. The van der Waals surface area contributed by atoms with Gasteiger partial charge in [0.1, 0.15) is 11.3 Å². The van der Waals surface area contributed by atoms with Gasteiger partial charge in [0.2, 0.25) is 0 Å². The maximum atomic E-state index is 12.4. The Bertz CT molecular complexity index is 1100. The number of ether oxygens (including phenoxy) is 1. The van der Waals surface area contributed by atoms with Gasteiger partial charge in [-0.15, -0.1) is 11.3 Å². The molecular weight excluding hydrogens is 364 g/mol. The van der Waals surface area contributed by atoms with Crippen LogP contribution in [-0.2, 0) is 4.74 Å². The molecule has 6 nitrogen and oxygen atoms in total. The number of thiazole rings is 1. The normalized spacial score (nSPS) is 10.7. The lowest BCUT2D eigenvalue weighted by Crippen LogP contribution is -2.12. The van der Waals surface area contributed by atoms with Crippen molar-refractivity contribution in [2.24, 2.45) is 0 Å². The second kappa shape index (κ2) is 7.05. The first-order chi connectivity index (χ1) is 13.1. The summed E-state index contributed by atoms with van der Waals surface area (Å²) in [6, 6.07) is 15.9. The van der Waals surface area contributed by atoms with Gasteiger partial charge in [-0.1, -0.05) is 18.2 Å². The third-order valence-electron chi connectivity index (χ3n) is 3.97. The molecule has 1 N–H and O–H groups in total. The van der Waals surface area contributed by atoms with Crippen molar-refractivity contribution in [3.8, 4) is 11.5 Å². The summed E-state index contributed by atoms with van der Waals surface area (Å²) in [5, 5.41) is 6.04. The molecular formula is C20H14N2O4S. The van der Waals surface area contributed by atoms with Gasteiger partial charge in [-0.05, 0) is 36.4 Å². The molecule has 0 aliphatic rings. The fourth-order valence-corrected chi connectivity index (χ4v) is 3.29. The van der Waals surface area contributed by atoms with Crippen LogP contribution in [0.5, 0.6) is 0 Å². The molecule has 7 heteroatoms. The number of fused-ring (bicyclic) bond motifs is 1. The Morgan fingerprint density at radius 3 is 2.56 bits per heavy atom. The Morgan fingerprint density at radius 2 is 1.81 bits per heavy atom. The first kappa shape index (κ1) is 17.0. The molecule has 0 fully saturated rings. The number of nitrogens with zero attached hydrogens (tertiary/aromatic N) is 1. The van der Waals surface area contributed by atoms with E-state index in [4.69, 9.17) is 4.42 Å². The predicted octanol–water partition coefficient (Wildman–Crippen LogP) is 4.60. The third kappa shape index (κ3) is 3.45. The van der Waals surface area contributed by atoms with E-state index < -0.39 is 5.97 Å². The summed E-state index contributed by atoms with van der Waals surface area (Å²) in [5.74, 6) is -0.107. The lowest BCUT2D eigenvalue weighted by atomic mass is 10.1. The highest BCUT2D eigenvalue weighted by Gasteiger charge is 2.13. The number of anilines is 1. The number of nitrogens with one attached hydrogen (secondary N) is 1. The van der Waals surface area contributed by atoms with Crippen LogP contribution in [0.15, 0.2) is 64.4 Å². The molecule has 0 bridgehead atoms. The van der Waals surface area contributed by atoms with Gasteiger partial charge in [0.15, 0.2) is 10.9 Å². The number of benzene rings is 2. The first-order valence-corrected chi connectivity index (χ1v) is 8.96. The number of hydrogen-bond donors (Lipinski definition) is 1. The molecule has 4 aromatic rings. The Balaban J connectivity index is 1.50. The van der Waals surface area contributed by atoms with Crippen LogP contribution >= 0.6 is 11.3 Å². The van der Waals surface area contributed by atoms with Gasteiger partial charge in [0, 0.05) is 16.3 Å². The summed E-state index contributed by atoms with van der Waals surface area (Å²) in [7, 11) is 1.31. The number of esters is 1. The van der Waals surface area contributed by atoms with Crippen molar-refractivity contribution in [1.29, 1.82) is 0 Å². The van der Waals surface area contributed by atoms with Crippen LogP contribution in [0.3, 0.4) is 0 Å². The Kier molecular flexibility index (Phi) is 4.43. The summed E-state index contributed by atoms with van der Waals surface area (Å²) < 4.78 is 10.4. The summed E-state index contributed by atoms with van der Waals surface area (Å²) in [6.07, 6.45) is 0. The minimum atomic E-state index is -0.447. The van der Waals surface area contributed by atoms with E-state index in [1.165, 1.54) is 18.4 Å². The molecule has 2 heterocycles. The van der Waals surface area contributed by atoms with Crippen LogP contribution in [0.4, 0.5) is 5.13 Å². The van der Waals surface area contributed by atoms with E-state index in [1.807, 2.05) is 35.7 Å². The van der Waals surface area contributed by atoms with Gasteiger partial charge in [-0.2, -0.15) is 0 Å². The van der Waals surface area contributed by atoms with E-state index in [0.717, 1.165) is 11.0 Å². The number of hydrogen-bond acceptors (Lipinski definition) is 6.